The van der Waals surface area contributed by atoms with Gasteiger partial charge in [0.1, 0.15) is 0 Å². The number of nitrogens with zero attached hydrogens (tertiary/aromatic N) is 1. The first-order valence-corrected chi connectivity index (χ1v) is 4.96. The molecule has 0 unspecified atom stereocenters. The van der Waals surface area contributed by atoms with Crippen molar-refractivity contribution in [3.05, 3.63) is 34.7 Å². The second-order valence-electron chi connectivity index (χ2n) is 3.66. The molecule has 1 saturated carbocycles. The Morgan fingerprint density at radius 2 is 2.08 bits per heavy atom. The van der Waals surface area contributed by atoms with Crippen molar-refractivity contribution in [3.63, 3.8) is 0 Å². The molecule has 69 valence electrons. The van der Waals surface area contributed by atoms with Crippen LogP contribution in [0, 0.1) is 6.07 Å². The van der Waals surface area contributed by atoms with Crippen molar-refractivity contribution in [1.29, 1.82) is 0 Å². The molecule has 2 heteroatoms. The van der Waals surface area contributed by atoms with Crippen LogP contribution in [0.4, 0.5) is 0 Å². The zero-order valence-corrected chi connectivity index (χ0v) is 7.70. The molecule has 1 radical (unpaired) electrons. The molecule has 1 aliphatic carbocycles. The van der Waals surface area contributed by atoms with Crippen LogP contribution in [0.25, 0.3) is 0 Å². The highest BCUT2D eigenvalue weighted by Gasteiger charge is 2.14. The van der Waals surface area contributed by atoms with E-state index in [1.54, 1.807) is 0 Å². The van der Waals surface area contributed by atoms with Gasteiger partial charge in [-0.1, -0.05) is 19.3 Å². The Balaban J connectivity index is 2.24. The highest BCUT2D eigenvalue weighted by molar-refractivity contribution is 4.93. The number of pyridine rings is 1. The smallest absolute Gasteiger partial charge is 0.251 e. The lowest BCUT2D eigenvalue weighted by molar-refractivity contribution is 0.346. The fraction of sp³-hybridized carbons (Fsp3) is 0.545. The van der Waals surface area contributed by atoms with Crippen LogP contribution < -0.4 is 5.56 Å². The van der Waals surface area contributed by atoms with Gasteiger partial charge >= 0.3 is 0 Å². The molecule has 0 spiro atoms. The quantitative estimate of drug-likeness (QED) is 0.642. The van der Waals surface area contributed by atoms with Crippen LogP contribution >= 0.6 is 0 Å². The van der Waals surface area contributed by atoms with Gasteiger partial charge in [-0.05, 0) is 25.0 Å². The van der Waals surface area contributed by atoms with E-state index in [0.29, 0.717) is 6.04 Å². The summed E-state index contributed by atoms with van der Waals surface area (Å²) in [6, 6.07) is 6.59. The number of aromatic nitrogens is 1. The maximum absolute atomic E-state index is 11.5. The van der Waals surface area contributed by atoms with E-state index in [4.69, 9.17) is 0 Å². The van der Waals surface area contributed by atoms with Gasteiger partial charge in [0.15, 0.2) is 0 Å². The highest BCUT2D eigenvalue weighted by atomic mass is 16.1. The monoisotopic (exact) mass is 176 g/mol. The largest absolute Gasteiger partial charge is 0.312 e. The first-order chi connectivity index (χ1) is 6.38. The van der Waals surface area contributed by atoms with Crippen molar-refractivity contribution in [2.24, 2.45) is 0 Å². The third-order valence-corrected chi connectivity index (χ3v) is 2.76. The standard InChI is InChI=1S/C11H14NO/c13-11-8-4-5-9-12(11)10-6-2-1-3-7-10/h5,8-10H,1-3,6-7H2. The Labute approximate surface area is 78.2 Å². The molecule has 0 amide bonds. The predicted octanol–water partition coefficient (Wildman–Crippen LogP) is 2.15. The lowest BCUT2D eigenvalue weighted by Crippen LogP contribution is -2.24. The van der Waals surface area contributed by atoms with Crippen LogP contribution in [-0.2, 0) is 0 Å². The number of hydrogen-bond donors (Lipinski definition) is 0. The van der Waals surface area contributed by atoms with Gasteiger partial charge in [0.2, 0.25) is 0 Å². The molecule has 1 aromatic heterocycles. The van der Waals surface area contributed by atoms with Gasteiger partial charge in [0.05, 0.1) is 0 Å². The van der Waals surface area contributed by atoms with Gasteiger partial charge < -0.3 is 4.57 Å². The molecular weight excluding hydrogens is 162 g/mol. The van der Waals surface area contributed by atoms with Gasteiger partial charge in [-0.3, -0.25) is 4.79 Å². The summed E-state index contributed by atoms with van der Waals surface area (Å²) in [6.45, 7) is 0. The van der Waals surface area contributed by atoms with Gasteiger partial charge in [0, 0.05) is 18.3 Å². The van der Waals surface area contributed by atoms with Gasteiger partial charge in [-0.2, -0.15) is 0 Å². The molecule has 13 heavy (non-hydrogen) atoms. The normalized spacial score (nSPS) is 18.8. The van der Waals surface area contributed by atoms with Crippen molar-refractivity contribution in [2.75, 3.05) is 0 Å². The third kappa shape index (κ3) is 1.82. The predicted molar refractivity (Wildman–Crippen MR) is 51.7 cm³/mol. The average Bonchev–Trinajstić information content (AvgIpc) is 2.20. The summed E-state index contributed by atoms with van der Waals surface area (Å²) in [5.74, 6) is 0. The van der Waals surface area contributed by atoms with Crippen molar-refractivity contribution in [2.45, 2.75) is 38.1 Å². The van der Waals surface area contributed by atoms with Gasteiger partial charge in [0.25, 0.3) is 5.56 Å². The summed E-state index contributed by atoms with van der Waals surface area (Å²) in [5.41, 5.74) is 0.0920. The summed E-state index contributed by atoms with van der Waals surface area (Å²) in [5, 5.41) is 0. The fourth-order valence-corrected chi connectivity index (χ4v) is 2.05. The zero-order valence-electron chi connectivity index (χ0n) is 7.70. The van der Waals surface area contributed by atoms with Crippen molar-refractivity contribution in [1.82, 2.24) is 4.57 Å². The van der Waals surface area contributed by atoms with Crippen LogP contribution in [0.5, 0.6) is 0 Å². The average molecular weight is 176 g/mol. The Kier molecular flexibility index (Phi) is 2.48. The second-order valence-corrected chi connectivity index (χ2v) is 3.66. The van der Waals surface area contributed by atoms with Gasteiger partial charge in [-0.15, -0.1) is 0 Å². The molecule has 0 atom stereocenters. The third-order valence-electron chi connectivity index (χ3n) is 2.76. The summed E-state index contributed by atoms with van der Waals surface area (Å²) in [7, 11) is 0. The molecule has 0 saturated heterocycles. The van der Waals surface area contributed by atoms with Crippen LogP contribution in [-0.4, -0.2) is 4.57 Å². The summed E-state index contributed by atoms with van der Waals surface area (Å²) in [4.78, 5) is 11.5. The zero-order chi connectivity index (χ0) is 9.10. The maximum Gasteiger partial charge on any atom is 0.251 e. The Morgan fingerprint density at radius 1 is 1.31 bits per heavy atom. The second kappa shape index (κ2) is 3.77. The van der Waals surface area contributed by atoms with E-state index in [2.05, 4.69) is 6.07 Å². The van der Waals surface area contributed by atoms with E-state index in [-0.39, 0.29) is 5.56 Å². The van der Waals surface area contributed by atoms with E-state index >= 15 is 0 Å². The molecule has 1 aliphatic rings. The molecule has 0 aliphatic heterocycles. The molecule has 0 bridgehead atoms. The summed E-state index contributed by atoms with van der Waals surface area (Å²) < 4.78 is 1.86. The van der Waals surface area contributed by atoms with E-state index < -0.39 is 0 Å². The molecule has 2 rings (SSSR count). The minimum Gasteiger partial charge on any atom is -0.312 e. The molecule has 2 nitrogen and oxygen atoms in total. The van der Waals surface area contributed by atoms with Crippen LogP contribution in [0.1, 0.15) is 38.1 Å². The van der Waals surface area contributed by atoms with E-state index in [0.717, 1.165) is 12.8 Å². The lowest BCUT2D eigenvalue weighted by atomic mass is 9.95. The highest BCUT2D eigenvalue weighted by Crippen LogP contribution is 2.26. The minimum atomic E-state index is 0.0920. The van der Waals surface area contributed by atoms with Gasteiger partial charge in [-0.25, -0.2) is 0 Å². The molecule has 0 N–H and O–H groups in total. The minimum absolute atomic E-state index is 0.0920. The number of hydrogen-bond acceptors (Lipinski definition) is 1. The van der Waals surface area contributed by atoms with E-state index in [1.807, 2.05) is 16.8 Å². The first kappa shape index (κ1) is 8.54. The molecule has 1 heterocycles. The Hall–Kier alpha value is -1.05. The van der Waals surface area contributed by atoms with Crippen molar-refractivity contribution < 1.29 is 0 Å². The van der Waals surface area contributed by atoms with Crippen molar-refractivity contribution >= 4 is 0 Å². The first-order valence-electron chi connectivity index (χ1n) is 4.96. The molecule has 0 aromatic carbocycles. The van der Waals surface area contributed by atoms with E-state index in [1.165, 1.54) is 25.3 Å². The Bertz CT molecular complexity index is 323. The topological polar surface area (TPSA) is 22.0 Å². The SMILES string of the molecule is O=c1c[c]ccn1C1CCCCC1. The van der Waals surface area contributed by atoms with Crippen LogP contribution in [0.3, 0.4) is 0 Å². The Morgan fingerprint density at radius 3 is 2.77 bits per heavy atom. The summed E-state index contributed by atoms with van der Waals surface area (Å²) in [6.07, 6.45) is 8.02. The van der Waals surface area contributed by atoms with E-state index in [9.17, 15) is 4.79 Å². The summed E-state index contributed by atoms with van der Waals surface area (Å²) >= 11 is 0. The van der Waals surface area contributed by atoms with Crippen LogP contribution in [0.15, 0.2) is 23.1 Å². The number of rotatable bonds is 1. The lowest BCUT2D eigenvalue weighted by Gasteiger charge is -2.23. The van der Waals surface area contributed by atoms with Crippen LogP contribution in [0.2, 0.25) is 0 Å². The fourth-order valence-electron chi connectivity index (χ4n) is 2.05. The molecular formula is C11H14NO. The molecule has 1 fully saturated rings. The molecule has 1 aromatic rings. The maximum atomic E-state index is 11.5. The van der Waals surface area contributed by atoms with Crippen molar-refractivity contribution in [3.8, 4) is 0 Å².